The molecule has 2 N–H and O–H groups in total. The molecule has 0 saturated carbocycles. The van der Waals surface area contributed by atoms with Gasteiger partial charge < -0.3 is 19.9 Å². The molecule has 6 nitrogen and oxygen atoms in total. The third kappa shape index (κ3) is 5.86. The second kappa shape index (κ2) is 9.02. The van der Waals surface area contributed by atoms with E-state index in [-0.39, 0.29) is 6.61 Å². The Kier molecular flexibility index (Phi) is 6.60. The summed E-state index contributed by atoms with van der Waals surface area (Å²) in [5, 5.41) is 11.8. The zero-order valence-electron chi connectivity index (χ0n) is 11.7. The van der Waals surface area contributed by atoms with Crippen molar-refractivity contribution in [2.24, 2.45) is 0 Å². The van der Waals surface area contributed by atoms with Gasteiger partial charge in [0.05, 0.1) is 19.8 Å². The van der Waals surface area contributed by atoms with E-state index in [1.165, 1.54) is 0 Å². The quantitative estimate of drug-likeness (QED) is 0.679. The van der Waals surface area contributed by atoms with Gasteiger partial charge in [-0.25, -0.2) is 9.97 Å². The normalized spacial score (nSPS) is 10.5. The first-order chi connectivity index (χ1) is 10.4. The zero-order chi connectivity index (χ0) is 14.8. The molecule has 0 aliphatic heterocycles. The summed E-state index contributed by atoms with van der Waals surface area (Å²) in [6.45, 7) is 2.46. The molecule has 0 spiro atoms. The standard InChI is InChI=1S/C15H19N3O3/c19-8-10-20-9-7-16-12-13-3-1-4-14(11-13)21-15-17-5-2-6-18-15/h1-6,11,16,19H,7-10,12H2. The van der Waals surface area contributed by atoms with Crippen LogP contribution in [0.5, 0.6) is 11.8 Å². The Morgan fingerprint density at radius 3 is 2.76 bits per heavy atom. The van der Waals surface area contributed by atoms with Gasteiger partial charge in [-0.15, -0.1) is 0 Å². The molecule has 21 heavy (non-hydrogen) atoms. The number of aromatic nitrogens is 2. The molecule has 0 atom stereocenters. The maximum atomic E-state index is 8.58. The van der Waals surface area contributed by atoms with Crippen molar-refractivity contribution in [1.82, 2.24) is 15.3 Å². The van der Waals surface area contributed by atoms with Gasteiger partial charge >= 0.3 is 6.01 Å². The fourth-order valence-electron chi connectivity index (χ4n) is 1.71. The van der Waals surface area contributed by atoms with Crippen LogP contribution in [0, 0.1) is 0 Å². The van der Waals surface area contributed by atoms with Crippen LogP contribution < -0.4 is 10.1 Å². The minimum atomic E-state index is 0.0565. The van der Waals surface area contributed by atoms with E-state index in [1.54, 1.807) is 18.5 Å². The van der Waals surface area contributed by atoms with Gasteiger partial charge in [-0.3, -0.25) is 0 Å². The van der Waals surface area contributed by atoms with E-state index in [2.05, 4.69) is 15.3 Å². The molecule has 0 amide bonds. The fraction of sp³-hybridized carbons (Fsp3) is 0.333. The van der Waals surface area contributed by atoms with Gasteiger partial charge in [0.15, 0.2) is 0 Å². The predicted octanol–water partition coefficient (Wildman–Crippen LogP) is 1.37. The minimum absolute atomic E-state index is 0.0565. The number of hydrogen-bond acceptors (Lipinski definition) is 6. The number of aliphatic hydroxyl groups excluding tert-OH is 1. The Hall–Kier alpha value is -2.02. The average molecular weight is 289 g/mol. The smallest absolute Gasteiger partial charge is 0.321 e. The van der Waals surface area contributed by atoms with Crippen LogP contribution in [0.15, 0.2) is 42.7 Å². The third-order valence-corrected chi connectivity index (χ3v) is 2.64. The molecule has 0 radical (unpaired) electrons. The molecule has 2 aromatic rings. The van der Waals surface area contributed by atoms with Crippen LogP contribution in [0.3, 0.4) is 0 Å². The summed E-state index contributed by atoms with van der Waals surface area (Å²) in [5.41, 5.74) is 1.10. The highest BCUT2D eigenvalue weighted by Gasteiger charge is 2.00. The van der Waals surface area contributed by atoms with E-state index in [1.807, 2.05) is 24.3 Å². The topological polar surface area (TPSA) is 76.5 Å². The van der Waals surface area contributed by atoms with E-state index < -0.39 is 0 Å². The van der Waals surface area contributed by atoms with E-state index in [0.717, 1.165) is 18.7 Å². The average Bonchev–Trinajstić information content (AvgIpc) is 2.52. The van der Waals surface area contributed by atoms with E-state index in [0.29, 0.717) is 25.0 Å². The van der Waals surface area contributed by atoms with Crippen LogP contribution in [0.2, 0.25) is 0 Å². The molecule has 0 aliphatic carbocycles. The molecule has 0 bridgehead atoms. The molecular weight excluding hydrogens is 270 g/mol. The monoisotopic (exact) mass is 289 g/mol. The van der Waals surface area contributed by atoms with Crippen LogP contribution in [0.4, 0.5) is 0 Å². The van der Waals surface area contributed by atoms with Crippen LogP contribution >= 0.6 is 0 Å². The number of nitrogens with one attached hydrogen (secondary N) is 1. The van der Waals surface area contributed by atoms with Crippen LogP contribution in [0.1, 0.15) is 5.56 Å². The fourth-order valence-corrected chi connectivity index (χ4v) is 1.71. The zero-order valence-corrected chi connectivity index (χ0v) is 11.7. The Morgan fingerprint density at radius 1 is 1.10 bits per heavy atom. The second-order valence-electron chi connectivity index (χ2n) is 4.29. The summed E-state index contributed by atoms with van der Waals surface area (Å²) >= 11 is 0. The second-order valence-corrected chi connectivity index (χ2v) is 4.29. The molecular formula is C15H19N3O3. The lowest BCUT2D eigenvalue weighted by atomic mass is 10.2. The molecule has 0 aliphatic rings. The molecule has 6 heteroatoms. The lowest BCUT2D eigenvalue weighted by Gasteiger charge is -2.07. The van der Waals surface area contributed by atoms with Gasteiger partial charge in [-0.2, -0.15) is 0 Å². The maximum absolute atomic E-state index is 8.58. The summed E-state index contributed by atoms with van der Waals surface area (Å²) in [4.78, 5) is 8.04. The Morgan fingerprint density at radius 2 is 1.95 bits per heavy atom. The lowest BCUT2D eigenvalue weighted by molar-refractivity contribution is 0.0938. The summed E-state index contributed by atoms with van der Waals surface area (Å²) in [5.74, 6) is 0.706. The minimum Gasteiger partial charge on any atom is -0.424 e. The number of benzene rings is 1. The molecule has 112 valence electrons. The van der Waals surface area contributed by atoms with Gasteiger partial charge in [0.25, 0.3) is 0 Å². The number of ether oxygens (including phenoxy) is 2. The van der Waals surface area contributed by atoms with Crippen molar-refractivity contribution in [3.05, 3.63) is 48.3 Å². The Labute approximate surface area is 123 Å². The third-order valence-electron chi connectivity index (χ3n) is 2.64. The highest BCUT2D eigenvalue weighted by Crippen LogP contribution is 2.18. The highest BCUT2D eigenvalue weighted by molar-refractivity contribution is 5.30. The van der Waals surface area contributed by atoms with E-state index >= 15 is 0 Å². The predicted molar refractivity (Wildman–Crippen MR) is 78.2 cm³/mol. The van der Waals surface area contributed by atoms with Gasteiger partial charge in [0.2, 0.25) is 0 Å². The van der Waals surface area contributed by atoms with Gasteiger partial charge in [0, 0.05) is 25.5 Å². The molecule has 1 aromatic heterocycles. The molecule has 2 rings (SSSR count). The Bertz CT molecular complexity index is 523. The Balaban J connectivity index is 1.78. The molecule has 1 heterocycles. The van der Waals surface area contributed by atoms with Crippen molar-refractivity contribution in [3.8, 4) is 11.8 Å². The van der Waals surface area contributed by atoms with Gasteiger partial charge in [0.1, 0.15) is 5.75 Å². The largest absolute Gasteiger partial charge is 0.424 e. The van der Waals surface area contributed by atoms with Crippen molar-refractivity contribution in [3.63, 3.8) is 0 Å². The number of nitrogens with zero attached hydrogens (tertiary/aromatic N) is 2. The van der Waals surface area contributed by atoms with Crippen molar-refractivity contribution < 1.29 is 14.6 Å². The van der Waals surface area contributed by atoms with Gasteiger partial charge in [-0.1, -0.05) is 12.1 Å². The van der Waals surface area contributed by atoms with Gasteiger partial charge in [-0.05, 0) is 23.8 Å². The lowest BCUT2D eigenvalue weighted by Crippen LogP contribution is -2.19. The summed E-state index contributed by atoms with van der Waals surface area (Å²) in [7, 11) is 0. The first-order valence-electron chi connectivity index (χ1n) is 6.81. The maximum Gasteiger partial charge on any atom is 0.321 e. The molecule has 0 fully saturated rings. The first-order valence-corrected chi connectivity index (χ1v) is 6.81. The molecule has 1 aromatic carbocycles. The number of aliphatic hydroxyl groups is 1. The highest BCUT2D eigenvalue weighted by atomic mass is 16.5. The summed E-state index contributed by atoms with van der Waals surface area (Å²) < 4.78 is 10.7. The number of hydrogen-bond donors (Lipinski definition) is 2. The van der Waals surface area contributed by atoms with Crippen LogP contribution in [-0.2, 0) is 11.3 Å². The van der Waals surface area contributed by atoms with Crippen molar-refractivity contribution in [1.29, 1.82) is 0 Å². The first kappa shape index (κ1) is 15.4. The van der Waals surface area contributed by atoms with Crippen LogP contribution in [-0.4, -0.2) is 41.4 Å². The molecule has 0 saturated heterocycles. The summed E-state index contributed by atoms with van der Waals surface area (Å²) in [6, 6.07) is 9.83. The van der Waals surface area contributed by atoms with Crippen molar-refractivity contribution in [2.75, 3.05) is 26.4 Å². The van der Waals surface area contributed by atoms with Crippen LogP contribution in [0.25, 0.3) is 0 Å². The van der Waals surface area contributed by atoms with Crippen molar-refractivity contribution in [2.45, 2.75) is 6.54 Å². The van der Waals surface area contributed by atoms with E-state index in [4.69, 9.17) is 14.6 Å². The van der Waals surface area contributed by atoms with Crippen molar-refractivity contribution >= 4 is 0 Å². The number of rotatable bonds is 9. The summed E-state index contributed by atoms with van der Waals surface area (Å²) in [6.07, 6.45) is 3.28. The SMILES string of the molecule is OCCOCCNCc1cccc(Oc2ncccn2)c1. The molecule has 0 unspecified atom stereocenters. The van der Waals surface area contributed by atoms with E-state index in [9.17, 15) is 0 Å².